The molecule has 1 heterocycles. The lowest BCUT2D eigenvalue weighted by atomic mass is 9.98. The van der Waals surface area contributed by atoms with Crippen LogP contribution in [0.4, 0.5) is 5.69 Å². The van der Waals surface area contributed by atoms with E-state index in [9.17, 15) is 5.11 Å². The minimum Gasteiger partial charge on any atom is -0.508 e. The normalized spacial score (nSPS) is 20.5. The summed E-state index contributed by atoms with van der Waals surface area (Å²) in [7, 11) is 1.95. The molecule has 0 aromatic heterocycles. The van der Waals surface area contributed by atoms with Crippen molar-refractivity contribution in [1.82, 2.24) is 5.32 Å². The summed E-state index contributed by atoms with van der Waals surface area (Å²) in [6, 6.07) is 5.82. The number of benzene rings is 1. The molecule has 0 radical (unpaired) electrons. The zero-order valence-electron chi connectivity index (χ0n) is 7.67. The van der Waals surface area contributed by atoms with Crippen molar-refractivity contribution >= 4 is 5.69 Å². The predicted molar refractivity (Wildman–Crippen MR) is 53.0 cm³/mol. The minimum absolute atomic E-state index is 0.336. The van der Waals surface area contributed by atoms with Gasteiger partial charge in [-0.15, -0.1) is 0 Å². The molecular formula is C10H14N2O. The van der Waals surface area contributed by atoms with E-state index in [1.54, 1.807) is 6.07 Å². The number of fused-ring (bicyclic) bond motifs is 1. The number of hydrogen-bond acceptors (Lipinski definition) is 3. The molecule has 0 amide bonds. The molecule has 1 atom stereocenters. The fourth-order valence-corrected chi connectivity index (χ4v) is 1.81. The standard InChI is InChI=1S/C10H14N2O/c1-11-9-4-5-12-10-3-2-7(13)6-8(9)10/h2-3,6,9,11-13H,4-5H2,1H3. The number of hydrogen-bond donors (Lipinski definition) is 3. The molecule has 3 heteroatoms. The second-order valence-corrected chi connectivity index (χ2v) is 3.33. The van der Waals surface area contributed by atoms with E-state index < -0.39 is 0 Å². The first-order valence-corrected chi connectivity index (χ1v) is 4.55. The van der Waals surface area contributed by atoms with Crippen LogP contribution in [0.25, 0.3) is 0 Å². The molecule has 0 bridgehead atoms. The van der Waals surface area contributed by atoms with Crippen LogP contribution in [0.3, 0.4) is 0 Å². The number of phenolic OH excluding ortho intramolecular Hbond substituents is 1. The van der Waals surface area contributed by atoms with Crippen LogP contribution in [-0.2, 0) is 0 Å². The molecule has 13 heavy (non-hydrogen) atoms. The molecule has 1 aromatic rings. The zero-order chi connectivity index (χ0) is 9.26. The van der Waals surface area contributed by atoms with Crippen molar-refractivity contribution in [2.24, 2.45) is 0 Å². The second kappa shape index (κ2) is 3.26. The molecule has 3 nitrogen and oxygen atoms in total. The molecule has 3 N–H and O–H groups in total. The maximum atomic E-state index is 9.35. The Morgan fingerprint density at radius 1 is 1.54 bits per heavy atom. The summed E-state index contributed by atoms with van der Waals surface area (Å²) in [6.45, 7) is 0.989. The third kappa shape index (κ3) is 1.47. The van der Waals surface area contributed by atoms with Gasteiger partial charge in [0.05, 0.1) is 0 Å². The first-order valence-electron chi connectivity index (χ1n) is 4.55. The maximum absolute atomic E-state index is 9.35. The Morgan fingerprint density at radius 3 is 3.15 bits per heavy atom. The Bertz CT molecular complexity index is 312. The number of aromatic hydroxyl groups is 1. The SMILES string of the molecule is CNC1CCNc2ccc(O)cc21. The summed E-state index contributed by atoms with van der Waals surface area (Å²) < 4.78 is 0. The van der Waals surface area contributed by atoms with Crippen LogP contribution in [0.5, 0.6) is 5.75 Å². The summed E-state index contributed by atoms with van der Waals surface area (Å²) in [5.41, 5.74) is 2.29. The van der Waals surface area contributed by atoms with E-state index in [2.05, 4.69) is 10.6 Å². The average Bonchev–Trinajstić information content (AvgIpc) is 2.17. The molecule has 2 rings (SSSR count). The first-order chi connectivity index (χ1) is 6.31. The molecule has 1 aliphatic heterocycles. The van der Waals surface area contributed by atoms with Gasteiger partial charge in [0.15, 0.2) is 0 Å². The van der Waals surface area contributed by atoms with Crippen LogP contribution in [0.1, 0.15) is 18.0 Å². The van der Waals surface area contributed by atoms with Crippen molar-refractivity contribution < 1.29 is 5.11 Å². The summed E-state index contributed by atoms with van der Waals surface area (Å²) in [6.07, 6.45) is 1.06. The third-order valence-electron chi connectivity index (χ3n) is 2.51. The van der Waals surface area contributed by atoms with Gasteiger partial charge in [-0.1, -0.05) is 0 Å². The lowest BCUT2D eigenvalue weighted by molar-refractivity contribution is 0.470. The van der Waals surface area contributed by atoms with E-state index in [1.807, 2.05) is 19.2 Å². The molecule has 1 aromatic carbocycles. The van der Waals surface area contributed by atoms with Gasteiger partial charge in [0.25, 0.3) is 0 Å². The quantitative estimate of drug-likeness (QED) is 0.570. The van der Waals surface area contributed by atoms with Crippen molar-refractivity contribution in [3.8, 4) is 5.75 Å². The van der Waals surface area contributed by atoms with Crippen molar-refractivity contribution in [1.29, 1.82) is 0 Å². The highest BCUT2D eigenvalue weighted by Crippen LogP contribution is 2.31. The highest BCUT2D eigenvalue weighted by atomic mass is 16.3. The molecule has 0 aliphatic carbocycles. The number of phenols is 1. The van der Waals surface area contributed by atoms with E-state index in [0.29, 0.717) is 11.8 Å². The number of rotatable bonds is 1. The van der Waals surface area contributed by atoms with E-state index in [0.717, 1.165) is 24.2 Å². The van der Waals surface area contributed by atoms with Crippen LogP contribution in [0.2, 0.25) is 0 Å². The van der Waals surface area contributed by atoms with Crippen LogP contribution in [0.15, 0.2) is 18.2 Å². The maximum Gasteiger partial charge on any atom is 0.116 e. The summed E-state index contributed by atoms with van der Waals surface area (Å²) in [4.78, 5) is 0. The van der Waals surface area contributed by atoms with Crippen molar-refractivity contribution in [3.63, 3.8) is 0 Å². The Kier molecular flexibility index (Phi) is 2.10. The van der Waals surface area contributed by atoms with Crippen molar-refractivity contribution in [3.05, 3.63) is 23.8 Å². The van der Waals surface area contributed by atoms with Gasteiger partial charge in [0.2, 0.25) is 0 Å². The van der Waals surface area contributed by atoms with Gasteiger partial charge in [0, 0.05) is 18.3 Å². The van der Waals surface area contributed by atoms with Gasteiger partial charge in [0.1, 0.15) is 5.75 Å². The molecule has 0 fully saturated rings. The monoisotopic (exact) mass is 178 g/mol. The molecule has 0 spiro atoms. The molecular weight excluding hydrogens is 164 g/mol. The lowest BCUT2D eigenvalue weighted by Crippen LogP contribution is -2.25. The smallest absolute Gasteiger partial charge is 0.116 e. The van der Waals surface area contributed by atoms with E-state index in [4.69, 9.17) is 0 Å². The van der Waals surface area contributed by atoms with Gasteiger partial charge >= 0.3 is 0 Å². The van der Waals surface area contributed by atoms with Gasteiger partial charge in [-0.05, 0) is 37.2 Å². The lowest BCUT2D eigenvalue weighted by Gasteiger charge is -2.26. The van der Waals surface area contributed by atoms with Gasteiger partial charge < -0.3 is 15.7 Å². The second-order valence-electron chi connectivity index (χ2n) is 3.33. The zero-order valence-corrected chi connectivity index (χ0v) is 7.67. The fourth-order valence-electron chi connectivity index (χ4n) is 1.81. The highest BCUT2D eigenvalue weighted by molar-refractivity contribution is 5.57. The number of anilines is 1. The first kappa shape index (κ1) is 8.38. The highest BCUT2D eigenvalue weighted by Gasteiger charge is 2.18. The van der Waals surface area contributed by atoms with E-state index >= 15 is 0 Å². The third-order valence-corrected chi connectivity index (χ3v) is 2.51. The molecule has 0 saturated heterocycles. The number of nitrogens with one attached hydrogen (secondary N) is 2. The van der Waals surface area contributed by atoms with Gasteiger partial charge in [-0.3, -0.25) is 0 Å². The Morgan fingerprint density at radius 2 is 2.38 bits per heavy atom. The van der Waals surface area contributed by atoms with Gasteiger partial charge in [-0.25, -0.2) is 0 Å². The van der Waals surface area contributed by atoms with E-state index in [1.165, 1.54) is 0 Å². The van der Waals surface area contributed by atoms with Crippen LogP contribution in [0, 0.1) is 0 Å². The summed E-state index contributed by atoms with van der Waals surface area (Å²) >= 11 is 0. The topological polar surface area (TPSA) is 44.3 Å². The largest absolute Gasteiger partial charge is 0.508 e. The molecule has 70 valence electrons. The predicted octanol–water partition coefficient (Wildman–Crippen LogP) is 1.47. The Balaban J connectivity index is 2.41. The summed E-state index contributed by atoms with van der Waals surface area (Å²) in [5, 5.41) is 15.9. The summed E-state index contributed by atoms with van der Waals surface area (Å²) in [5.74, 6) is 0.336. The van der Waals surface area contributed by atoms with Crippen LogP contribution in [-0.4, -0.2) is 18.7 Å². The van der Waals surface area contributed by atoms with Crippen molar-refractivity contribution in [2.75, 3.05) is 18.9 Å². The molecule has 1 unspecified atom stereocenters. The average molecular weight is 178 g/mol. The van der Waals surface area contributed by atoms with Crippen LogP contribution < -0.4 is 10.6 Å². The molecule has 0 saturated carbocycles. The van der Waals surface area contributed by atoms with E-state index in [-0.39, 0.29) is 0 Å². The Labute approximate surface area is 77.8 Å². The van der Waals surface area contributed by atoms with Gasteiger partial charge in [-0.2, -0.15) is 0 Å². The Hall–Kier alpha value is -1.22. The minimum atomic E-state index is 0.336. The van der Waals surface area contributed by atoms with Crippen molar-refractivity contribution in [2.45, 2.75) is 12.5 Å². The van der Waals surface area contributed by atoms with Crippen LogP contribution >= 0.6 is 0 Å². The fraction of sp³-hybridized carbons (Fsp3) is 0.400. The molecule has 1 aliphatic rings.